The standard InChI is InChI=1S/C63H108O6/c1-4-7-10-13-16-19-22-25-28-30-31-33-35-38-41-44-47-50-53-56-62(65)68-59-60(58-67-61(64)55-52-49-46-43-40-37-34-27-24-21-18-15-12-9-6-3)69-63(66)57-54-51-48-45-42-39-36-32-29-26-23-20-17-14-11-8-5-2/h7,10,16,19,25-26,28-29,31,33,38,41,47,50,60H,4-6,8-9,11-15,17-18,20-24,27,30,32,34-37,39-40,42-46,48-49,51-59H2,1-3H3/b10-7-,19-16-,28-25-,29-26-,33-31-,41-38-,50-47-. The van der Waals surface area contributed by atoms with Crippen molar-refractivity contribution in [2.24, 2.45) is 0 Å². The first-order chi connectivity index (χ1) is 34.0. The van der Waals surface area contributed by atoms with E-state index in [0.717, 1.165) is 77.0 Å². The van der Waals surface area contributed by atoms with Crippen LogP contribution in [0.3, 0.4) is 0 Å². The zero-order valence-corrected chi connectivity index (χ0v) is 45.3. The minimum atomic E-state index is -0.808. The number of esters is 3. The van der Waals surface area contributed by atoms with E-state index in [9.17, 15) is 14.4 Å². The van der Waals surface area contributed by atoms with E-state index in [0.29, 0.717) is 19.3 Å². The van der Waals surface area contributed by atoms with Gasteiger partial charge in [0.05, 0.1) is 0 Å². The maximum atomic E-state index is 12.9. The molecule has 0 rings (SSSR count). The monoisotopic (exact) mass is 961 g/mol. The van der Waals surface area contributed by atoms with Gasteiger partial charge in [0.2, 0.25) is 0 Å². The summed E-state index contributed by atoms with van der Waals surface area (Å²) < 4.78 is 16.8. The SMILES string of the molecule is CC/C=C\C/C=C\C/C=C\C/C=C\C/C=C\C/C=C\CCC(=O)OCC(COC(=O)CCCCCCCCCCCCCCCCC)OC(=O)CCCCCCCCC/C=C\CCCCCCCC. The maximum Gasteiger partial charge on any atom is 0.306 e. The molecular weight excluding hydrogens is 853 g/mol. The molecule has 0 aliphatic rings. The first-order valence-corrected chi connectivity index (χ1v) is 29.1. The third-order valence-corrected chi connectivity index (χ3v) is 12.4. The van der Waals surface area contributed by atoms with Gasteiger partial charge in [0.25, 0.3) is 0 Å². The number of rotatable bonds is 52. The summed E-state index contributed by atoms with van der Waals surface area (Å²) in [5.41, 5.74) is 0. The van der Waals surface area contributed by atoms with Crippen LogP contribution in [0.25, 0.3) is 0 Å². The van der Waals surface area contributed by atoms with Crippen LogP contribution in [-0.4, -0.2) is 37.2 Å². The van der Waals surface area contributed by atoms with Crippen molar-refractivity contribution in [1.82, 2.24) is 0 Å². The summed E-state index contributed by atoms with van der Waals surface area (Å²) in [7, 11) is 0. The van der Waals surface area contributed by atoms with E-state index in [-0.39, 0.29) is 37.5 Å². The normalized spacial score (nSPS) is 12.7. The van der Waals surface area contributed by atoms with Gasteiger partial charge in [0.15, 0.2) is 6.10 Å². The van der Waals surface area contributed by atoms with Gasteiger partial charge in [-0.15, -0.1) is 0 Å². The van der Waals surface area contributed by atoms with Crippen LogP contribution < -0.4 is 0 Å². The Morgan fingerprint density at radius 1 is 0.304 bits per heavy atom. The van der Waals surface area contributed by atoms with Crippen LogP contribution in [0.2, 0.25) is 0 Å². The molecule has 6 nitrogen and oxygen atoms in total. The summed E-state index contributed by atoms with van der Waals surface area (Å²) >= 11 is 0. The fourth-order valence-electron chi connectivity index (χ4n) is 8.05. The quantitative estimate of drug-likeness (QED) is 0.0262. The third kappa shape index (κ3) is 55.4. The van der Waals surface area contributed by atoms with Gasteiger partial charge >= 0.3 is 17.9 Å². The van der Waals surface area contributed by atoms with Crippen LogP contribution in [-0.2, 0) is 28.6 Å². The van der Waals surface area contributed by atoms with Crippen molar-refractivity contribution in [3.63, 3.8) is 0 Å². The third-order valence-electron chi connectivity index (χ3n) is 12.4. The number of hydrogen-bond donors (Lipinski definition) is 0. The summed E-state index contributed by atoms with van der Waals surface area (Å²) in [4.78, 5) is 38.1. The fraction of sp³-hybridized carbons (Fsp3) is 0.730. The van der Waals surface area contributed by atoms with Gasteiger partial charge in [-0.25, -0.2) is 0 Å². The molecule has 0 aromatic rings. The zero-order chi connectivity index (χ0) is 50.0. The first kappa shape index (κ1) is 65.6. The molecule has 1 unspecified atom stereocenters. The molecule has 0 amide bonds. The molecule has 0 saturated heterocycles. The second-order valence-corrected chi connectivity index (χ2v) is 19.2. The molecule has 0 aromatic heterocycles. The predicted molar refractivity (Wildman–Crippen MR) is 297 cm³/mol. The second kappa shape index (κ2) is 57.2. The zero-order valence-electron chi connectivity index (χ0n) is 45.3. The first-order valence-electron chi connectivity index (χ1n) is 29.1. The predicted octanol–water partition coefficient (Wildman–Crippen LogP) is 19.5. The molecule has 1 atom stereocenters. The molecule has 396 valence electrons. The molecule has 0 N–H and O–H groups in total. The smallest absolute Gasteiger partial charge is 0.306 e. The molecule has 69 heavy (non-hydrogen) atoms. The molecular formula is C63H108O6. The number of ether oxygens (including phenoxy) is 3. The Balaban J connectivity index is 4.49. The molecule has 0 bridgehead atoms. The highest BCUT2D eigenvalue weighted by atomic mass is 16.6. The minimum absolute atomic E-state index is 0.0992. The fourth-order valence-corrected chi connectivity index (χ4v) is 8.05. The van der Waals surface area contributed by atoms with Crippen molar-refractivity contribution in [2.75, 3.05) is 13.2 Å². The van der Waals surface area contributed by atoms with Crippen molar-refractivity contribution < 1.29 is 28.6 Å². The average Bonchev–Trinajstić information content (AvgIpc) is 3.35. The minimum Gasteiger partial charge on any atom is -0.462 e. The Morgan fingerprint density at radius 3 is 0.971 bits per heavy atom. The van der Waals surface area contributed by atoms with Crippen molar-refractivity contribution in [2.45, 2.75) is 284 Å². The molecule has 0 aromatic carbocycles. The molecule has 0 heterocycles. The van der Waals surface area contributed by atoms with Gasteiger partial charge in [-0.1, -0.05) is 260 Å². The van der Waals surface area contributed by atoms with Gasteiger partial charge in [-0.05, 0) is 83.5 Å². The van der Waals surface area contributed by atoms with Crippen LogP contribution in [0.4, 0.5) is 0 Å². The summed E-state index contributed by atoms with van der Waals surface area (Å²) in [5, 5.41) is 0. The van der Waals surface area contributed by atoms with Gasteiger partial charge in [0, 0.05) is 19.3 Å². The number of allylic oxidation sites excluding steroid dienone is 14. The summed E-state index contributed by atoms with van der Waals surface area (Å²) in [5.74, 6) is -0.983. The molecule has 0 fully saturated rings. The van der Waals surface area contributed by atoms with Gasteiger partial charge in [0.1, 0.15) is 13.2 Å². The second-order valence-electron chi connectivity index (χ2n) is 19.2. The van der Waals surface area contributed by atoms with E-state index < -0.39 is 6.10 Å². The van der Waals surface area contributed by atoms with E-state index in [1.54, 1.807) is 0 Å². The summed E-state index contributed by atoms with van der Waals surface area (Å²) in [6, 6.07) is 0. The topological polar surface area (TPSA) is 78.9 Å². The summed E-state index contributed by atoms with van der Waals surface area (Å²) in [6.07, 6.45) is 74.4. The number of carbonyl (C=O) groups is 3. The lowest BCUT2D eigenvalue weighted by Gasteiger charge is -2.18. The molecule has 0 saturated carbocycles. The highest BCUT2D eigenvalue weighted by Crippen LogP contribution is 2.16. The Hall–Kier alpha value is -3.41. The van der Waals surface area contributed by atoms with Gasteiger partial charge in [-0.3, -0.25) is 14.4 Å². The number of hydrogen-bond acceptors (Lipinski definition) is 6. The lowest BCUT2D eigenvalue weighted by molar-refractivity contribution is -0.166. The van der Waals surface area contributed by atoms with Crippen LogP contribution >= 0.6 is 0 Å². The lowest BCUT2D eigenvalue weighted by atomic mass is 10.0. The molecule has 0 aliphatic heterocycles. The van der Waals surface area contributed by atoms with E-state index in [2.05, 4.69) is 99.8 Å². The average molecular weight is 962 g/mol. The number of carbonyl (C=O) groups excluding carboxylic acids is 3. The largest absolute Gasteiger partial charge is 0.462 e. The van der Waals surface area contributed by atoms with Crippen LogP contribution in [0.1, 0.15) is 278 Å². The Morgan fingerprint density at radius 2 is 0.594 bits per heavy atom. The lowest BCUT2D eigenvalue weighted by Crippen LogP contribution is -2.30. The molecule has 6 heteroatoms. The Bertz CT molecular complexity index is 1330. The van der Waals surface area contributed by atoms with Crippen LogP contribution in [0.15, 0.2) is 85.1 Å². The number of unbranched alkanes of at least 4 members (excludes halogenated alkanes) is 27. The van der Waals surface area contributed by atoms with Crippen molar-refractivity contribution in [3.8, 4) is 0 Å². The van der Waals surface area contributed by atoms with Crippen molar-refractivity contribution in [1.29, 1.82) is 0 Å². The van der Waals surface area contributed by atoms with Crippen LogP contribution in [0, 0.1) is 0 Å². The maximum absolute atomic E-state index is 12.9. The van der Waals surface area contributed by atoms with E-state index >= 15 is 0 Å². The summed E-state index contributed by atoms with van der Waals surface area (Å²) in [6.45, 7) is 6.48. The van der Waals surface area contributed by atoms with E-state index in [1.165, 1.54) is 154 Å². The van der Waals surface area contributed by atoms with Gasteiger partial charge < -0.3 is 14.2 Å². The van der Waals surface area contributed by atoms with Gasteiger partial charge in [-0.2, -0.15) is 0 Å². The highest BCUT2D eigenvalue weighted by Gasteiger charge is 2.19. The molecule has 0 radical (unpaired) electrons. The van der Waals surface area contributed by atoms with Crippen molar-refractivity contribution >= 4 is 17.9 Å². The van der Waals surface area contributed by atoms with E-state index in [4.69, 9.17) is 14.2 Å². The molecule has 0 aliphatic carbocycles. The molecule has 0 spiro atoms. The Kier molecular flexibility index (Phi) is 54.3. The van der Waals surface area contributed by atoms with Crippen molar-refractivity contribution in [3.05, 3.63) is 85.1 Å². The highest BCUT2D eigenvalue weighted by molar-refractivity contribution is 5.71. The van der Waals surface area contributed by atoms with Crippen LogP contribution in [0.5, 0.6) is 0 Å². The Labute approximate surface area is 426 Å². The van der Waals surface area contributed by atoms with E-state index in [1.807, 2.05) is 6.08 Å².